The van der Waals surface area contributed by atoms with Gasteiger partial charge in [0.2, 0.25) is 0 Å². The Hall–Kier alpha value is -2.12. The molecule has 30 heavy (non-hydrogen) atoms. The van der Waals surface area contributed by atoms with E-state index in [0.29, 0.717) is 16.5 Å². The van der Waals surface area contributed by atoms with Gasteiger partial charge < -0.3 is 0 Å². The van der Waals surface area contributed by atoms with Gasteiger partial charge in [-0.3, -0.25) is 0 Å². The van der Waals surface area contributed by atoms with Gasteiger partial charge in [0.15, 0.2) is 0 Å². The van der Waals surface area contributed by atoms with Crippen LogP contribution in [0, 0.1) is 11.7 Å². The van der Waals surface area contributed by atoms with Crippen molar-refractivity contribution in [2.24, 2.45) is 5.92 Å². The first-order valence-electron chi connectivity index (χ1n) is 11.3. The van der Waals surface area contributed by atoms with Crippen molar-refractivity contribution >= 4 is 11.6 Å². The lowest BCUT2D eigenvalue weighted by molar-refractivity contribution is 0.310. The van der Waals surface area contributed by atoms with Crippen LogP contribution in [-0.4, -0.2) is 0 Å². The molecule has 0 saturated heterocycles. The van der Waals surface area contributed by atoms with E-state index in [1.165, 1.54) is 36.8 Å². The van der Waals surface area contributed by atoms with E-state index in [0.717, 1.165) is 36.3 Å². The van der Waals surface area contributed by atoms with Crippen LogP contribution < -0.4 is 0 Å². The third-order valence-electron chi connectivity index (χ3n) is 6.74. The topological polar surface area (TPSA) is 0 Å². The molecule has 3 aromatic carbocycles. The molecule has 1 fully saturated rings. The Kier molecular flexibility index (Phi) is 6.89. The van der Waals surface area contributed by atoms with Crippen molar-refractivity contribution < 1.29 is 4.39 Å². The zero-order chi connectivity index (χ0) is 20.9. The molecule has 0 radical (unpaired) electrons. The Bertz CT molecular complexity index is 951. The molecule has 3 aromatic rings. The fourth-order valence-corrected chi connectivity index (χ4v) is 4.88. The van der Waals surface area contributed by atoms with Crippen LogP contribution in [0.15, 0.2) is 66.7 Å². The van der Waals surface area contributed by atoms with E-state index in [2.05, 4.69) is 37.3 Å². The van der Waals surface area contributed by atoms with Crippen LogP contribution >= 0.6 is 11.6 Å². The second-order valence-electron chi connectivity index (χ2n) is 8.67. The summed E-state index contributed by atoms with van der Waals surface area (Å²) in [5.41, 5.74) is 5.54. The smallest absolute Gasteiger partial charge is 0.131 e. The maximum absolute atomic E-state index is 14.7. The van der Waals surface area contributed by atoms with Gasteiger partial charge in [0, 0.05) is 10.6 Å². The highest BCUT2D eigenvalue weighted by molar-refractivity contribution is 6.30. The van der Waals surface area contributed by atoms with Crippen LogP contribution in [0.5, 0.6) is 0 Å². The summed E-state index contributed by atoms with van der Waals surface area (Å²) in [4.78, 5) is 0. The molecule has 4 rings (SSSR count). The molecular formula is C28H30ClF. The van der Waals surface area contributed by atoms with Gasteiger partial charge in [0.1, 0.15) is 5.82 Å². The van der Waals surface area contributed by atoms with Crippen molar-refractivity contribution in [3.05, 3.63) is 94.3 Å². The van der Waals surface area contributed by atoms with Gasteiger partial charge in [0.05, 0.1) is 0 Å². The number of hydrogen-bond acceptors (Lipinski definition) is 0. The van der Waals surface area contributed by atoms with E-state index in [9.17, 15) is 4.39 Å². The van der Waals surface area contributed by atoms with E-state index in [1.807, 2.05) is 18.2 Å². The second-order valence-corrected chi connectivity index (χ2v) is 9.11. The molecule has 1 aliphatic carbocycles. The molecule has 0 heterocycles. The molecule has 0 aliphatic heterocycles. The minimum Gasteiger partial charge on any atom is -0.206 e. The number of halogens is 2. The van der Waals surface area contributed by atoms with Crippen LogP contribution in [0.1, 0.15) is 61.6 Å². The van der Waals surface area contributed by atoms with Gasteiger partial charge in [-0.2, -0.15) is 0 Å². The maximum atomic E-state index is 14.7. The molecule has 0 unspecified atom stereocenters. The fraction of sp³-hybridized carbons (Fsp3) is 0.357. The first-order valence-corrected chi connectivity index (χ1v) is 11.6. The Labute approximate surface area is 185 Å². The summed E-state index contributed by atoms with van der Waals surface area (Å²) in [6, 6.07) is 22.3. The van der Waals surface area contributed by atoms with E-state index in [4.69, 9.17) is 11.6 Å². The first-order chi connectivity index (χ1) is 14.6. The van der Waals surface area contributed by atoms with Crippen molar-refractivity contribution in [3.8, 4) is 11.1 Å². The molecule has 0 spiro atoms. The minimum absolute atomic E-state index is 0.144. The van der Waals surface area contributed by atoms with Crippen molar-refractivity contribution in [1.82, 2.24) is 0 Å². The van der Waals surface area contributed by atoms with Crippen LogP contribution in [-0.2, 0) is 12.8 Å². The van der Waals surface area contributed by atoms with Crippen LogP contribution in [0.4, 0.5) is 4.39 Å². The third-order valence-corrected chi connectivity index (χ3v) is 6.99. The average molecular weight is 421 g/mol. The first kappa shape index (κ1) is 21.1. The minimum atomic E-state index is -0.144. The highest BCUT2D eigenvalue weighted by Crippen LogP contribution is 2.37. The Morgan fingerprint density at radius 3 is 2.13 bits per heavy atom. The lowest BCUT2D eigenvalue weighted by Crippen LogP contribution is -2.14. The molecule has 1 saturated carbocycles. The Morgan fingerprint density at radius 2 is 1.50 bits per heavy atom. The standard InChI is InChI=1S/C28H30ClF/c1-2-20-5-10-23(11-6-20)24-12-7-21(8-13-24)3-4-22-9-18-27(28(30)19-22)25-14-16-26(29)17-15-25/h5-6,9-11,14-19,21,24H,2-4,7-8,12-13H2,1H3/t21-,24-. The molecule has 156 valence electrons. The predicted octanol–water partition coefficient (Wildman–Crippen LogP) is 8.62. The quantitative estimate of drug-likeness (QED) is 0.374. The van der Waals surface area contributed by atoms with Crippen LogP contribution in [0.25, 0.3) is 11.1 Å². The molecule has 2 heteroatoms. The monoisotopic (exact) mass is 420 g/mol. The summed E-state index contributed by atoms with van der Waals surface area (Å²) in [5, 5.41) is 0.670. The predicted molar refractivity (Wildman–Crippen MR) is 126 cm³/mol. The third kappa shape index (κ3) is 5.13. The Balaban J connectivity index is 1.30. The molecule has 0 aromatic heterocycles. The second kappa shape index (κ2) is 9.79. The summed E-state index contributed by atoms with van der Waals surface area (Å²) in [6.45, 7) is 2.21. The van der Waals surface area contributed by atoms with Crippen molar-refractivity contribution in [2.75, 3.05) is 0 Å². The van der Waals surface area contributed by atoms with E-state index in [-0.39, 0.29) is 5.82 Å². The van der Waals surface area contributed by atoms with Crippen molar-refractivity contribution in [3.63, 3.8) is 0 Å². The number of rotatable bonds is 6. The lowest BCUT2D eigenvalue weighted by Gasteiger charge is -2.29. The van der Waals surface area contributed by atoms with Crippen molar-refractivity contribution in [1.29, 1.82) is 0 Å². The van der Waals surface area contributed by atoms with Gasteiger partial charge in [-0.15, -0.1) is 0 Å². The van der Waals surface area contributed by atoms with Gasteiger partial charge in [-0.05, 0) is 97.2 Å². The number of aryl methyl sites for hydroxylation is 2. The molecule has 0 nitrogen and oxygen atoms in total. The largest absolute Gasteiger partial charge is 0.206 e. The highest BCUT2D eigenvalue weighted by atomic mass is 35.5. The molecule has 0 N–H and O–H groups in total. The lowest BCUT2D eigenvalue weighted by atomic mass is 9.77. The van der Waals surface area contributed by atoms with Crippen LogP contribution in [0.3, 0.4) is 0 Å². The molecular weight excluding hydrogens is 391 g/mol. The zero-order valence-electron chi connectivity index (χ0n) is 17.7. The molecule has 0 atom stereocenters. The summed E-state index contributed by atoms with van der Waals surface area (Å²) >= 11 is 5.94. The van der Waals surface area contributed by atoms with Crippen molar-refractivity contribution in [2.45, 2.75) is 57.8 Å². The summed E-state index contributed by atoms with van der Waals surface area (Å²) < 4.78 is 14.7. The maximum Gasteiger partial charge on any atom is 0.131 e. The van der Waals surface area contributed by atoms with E-state index < -0.39 is 0 Å². The van der Waals surface area contributed by atoms with E-state index >= 15 is 0 Å². The molecule has 0 bridgehead atoms. The van der Waals surface area contributed by atoms with Gasteiger partial charge in [-0.1, -0.05) is 67.1 Å². The molecule has 1 aliphatic rings. The Morgan fingerprint density at radius 1 is 0.833 bits per heavy atom. The molecule has 0 amide bonds. The SMILES string of the molecule is CCc1ccc([C@H]2CC[C@H](CCc3ccc(-c4ccc(Cl)cc4)c(F)c3)CC2)cc1. The number of benzene rings is 3. The fourth-order valence-electron chi connectivity index (χ4n) is 4.76. The van der Waals surface area contributed by atoms with Gasteiger partial charge in [-0.25, -0.2) is 4.39 Å². The zero-order valence-corrected chi connectivity index (χ0v) is 18.5. The summed E-state index contributed by atoms with van der Waals surface area (Å²) in [6.07, 6.45) is 8.34. The van der Waals surface area contributed by atoms with Crippen LogP contribution in [0.2, 0.25) is 5.02 Å². The summed E-state index contributed by atoms with van der Waals surface area (Å²) in [7, 11) is 0. The highest BCUT2D eigenvalue weighted by Gasteiger charge is 2.22. The average Bonchev–Trinajstić information content (AvgIpc) is 2.79. The summed E-state index contributed by atoms with van der Waals surface area (Å²) in [5.74, 6) is 1.33. The van der Waals surface area contributed by atoms with E-state index in [1.54, 1.807) is 18.2 Å². The number of hydrogen-bond donors (Lipinski definition) is 0. The normalized spacial score (nSPS) is 19.0. The van der Waals surface area contributed by atoms with Gasteiger partial charge in [0.25, 0.3) is 0 Å². The van der Waals surface area contributed by atoms with Gasteiger partial charge >= 0.3 is 0 Å².